The van der Waals surface area contributed by atoms with Crippen LogP contribution >= 0.6 is 0 Å². The van der Waals surface area contributed by atoms with Gasteiger partial charge in [0.2, 0.25) is 5.91 Å². The molecular weight excluding hydrogens is 244 g/mol. The second-order valence-corrected chi connectivity index (χ2v) is 5.50. The van der Waals surface area contributed by atoms with Crippen LogP contribution in [0.25, 0.3) is 0 Å². The highest BCUT2D eigenvalue weighted by Gasteiger charge is 2.32. The van der Waals surface area contributed by atoms with Crippen LogP contribution in [0.3, 0.4) is 0 Å². The van der Waals surface area contributed by atoms with Crippen LogP contribution in [0.2, 0.25) is 0 Å². The van der Waals surface area contributed by atoms with Crippen molar-refractivity contribution in [1.82, 2.24) is 10.2 Å². The predicted octanol–water partition coefficient (Wildman–Crippen LogP) is 0.781. The van der Waals surface area contributed by atoms with Gasteiger partial charge in [0, 0.05) is 38.9 Å². The Kier molecular flexibility index (Phi) is 5.60. The van der Waals surface area contributed by atoms with Gasteiger partial charge in [-0.05, 0) is 32.6 Å². The minimum absolute atomic E-state index is 0.112. The number of amides is 1. The van der Waals surface area contributed by atoms with Crippen LogP contribution in [0.1, 0.15) is 32.6 Å². The molecule has 2 rings (SSSR count). The molecule has 2 aliphatic rings. The molecule has 110 valence electrons. The fraction of sp³-hybridized carbons (Fsp3) is 0.929. The first-order valence-electron chi connectivity index (χ1n) is 7.37. The SMILES string of the molecule is CCOC1CC(NC2CCN(C(=O)COC)CC2)C1. The number of methoxy groups -OCH3 is 1. The van der Waals surface area contributed by atoms with Gasteiger partial charge in [-0.2, -0.15) is 0 Å². The molecule has 0 aromatic rings. The molecular formula is C14H26N2O3. The number of hydrogen-bond donors (Lipinski definition) is 1. The summed E-state index contributed by atoms with van der Waals surface area (Å²) in [7, 11) is 1.57. The lowest BCUT2D eigenvalue weighted by Gasteiger charge is -2.40. The molecule has 1 amide bonds. The van der Waals surface area contributed by atoms with Crippen LogP contribution in [0.15, 0.2) is 0 Å². The van der Waals surface area contributed by atoms with Crippen molar-refractivity contribution in [2.45, 2.75) is 50.8 Å². The van der Waals surface area contributed by atoms with Crippen molar-refractivity contribution in [3.8, 4) is 0 Å². The van der Waals surface area contributed by atoms with Crippen LogP contribution < -0.4 is 5.32 Å². The van der Waals surface area contributed by atoms with Gasteiger partial charge in [0.1, 0.15) is 6.61 Å². The molecule has 0 aromatic carbocycles. The Morgan fingerprint density at radius 1 is 1.26 bits per heavy atom. The Labute approximate surface area is 115 Å². The van der Waals surface area contributed by atoms with Crippen molar-refractivity contribution in [3.05, 3.63) is 0 Å². The highest BCUT2D eigenvalue weighted by Crippen LogP contribution is 2.25. The Bertz CT molecular complexity index is 284. The predicted molar refractivity (Wildman–Crippen MR) is 73.0 cm³/mol. The molecule has 19 heavy (non-hydrogen) atoms. The van der Waals surface area contributed by atoms with E-state index in [0.29, 0.717) is 18.2 Å². The Morgan fingerprint density at radius 3 is 2.53 bits per heavy atom. The van der Waals surface area contributed by atoms with Crippen LogP contribution in [0.4, 0.5) is 0 Å². The summed E-state index contributed by atoms with van der Waals surface area (Å²) in [6.45, 7) is 4.77. The summed E-state index contributed by atoms with van der Waals surface area (Å²) < 4.78 is 10.5. The normalized spacial score (nSPS) is 28.2. The van der Waals surface area contributed by atoms with Gasteiger partial charge in [-0.25, -0.2) is 0 Å². The third kappa shape index (κ3) is 4.16. The largest absolute Gasteiger partial charge is 0.378 e. The average Bonchev–Trinajstić information content (AvgIpc) is 2.37. The first kappa shape index (κ1) is 14.8. The summed E-state index contributed by atoms with van der Waals surface area (Å²) in [4.78, 5) is 13.6. The average molecular weight is 270 g/mol. The minimum atomic E-state index is 0.112. The molecule has 5 nitrogen and oxygen atoms in total. The van der Waals surface area contributed by atoms with Crippen LogP contribution in [0.5, 0.6) is 0 Å². The quantitative estimate of drug-likeness (QED) is 0.775. The van der Waals surface area contributed by atoms with Crippen molar-refractivity contribution in [2.75, 3.05) is 33.4 Å². The summed E-state index contributed by atoms with van der Waals surface area (Å²) in [5.41, 5.74) is 0. The summed E-state index contributed by atoms with van der Waals surface area (Å²) in [6, 6.07) is 1.17. The van der Waals surface area contributed by atoms with Gasteiger partial charge in [-0.3, -0.25) is 4.79 Å². The molecule has 0 spiro atoms. The Hall–Kier alpha value is -0.650. The van der Waals surface area contributed by atoms with Crippen molar-refractivity contribution >= 4 is 5.91 Å². The Morgan fingerprint density at radius 2 is 1.95 bits per heavy atom. The topological polar surface area (TPSA) is 50.8 Å². The van der Waals surface area contributed by atoms with E-state index >= 15 is 0 Å². The summed E-state index contributed by atoms with van der Waals surface area (Å²) in [5, 5.41) is 3.69. The molecule has 2 fully saturated rings. The number of nitrogens with one attached hydrogen (secondary N) is 1. The molecule has 1 heterocycles. The van der Waals surface area contributed by atoms with E-state index in [2.05, 4.69) is 5.32 Å². The maximum atomic E-state index is 11.7. The highest BCUT2D eigenvalue weighted by molar-refractivity contribution is 5.77. The van der Waals surface area contributed by atoms with Crippen LogP contribution in [-0.2, 0) is 14.3 Å². The lowest BCUT2D eigenvalue weighted by Crippen LogP contribution is -2.53. The van der Waals surface area contributed by atoms with Gasteiger partial charge in [0.25, 0.3) is 0 Å². The summed E-state index contributed by atoms with van der Waals surface area (Å²) >= 11 is 0. The molecule has 1 aliphatic heterocycles. The molecule has 0 atom stereocenters. The van der Waals surface area contributed by atoms with E-state index in [0.717, 1.165) is 45.4 Å². The van der Waals surface area contributed by atoms with Crippen molar-refractivity contribution < 1.29 is 14.3 Å². The van der Waals surface area contributed by atoms with Gasteiger partial charge in [0.05, 0.1) is 6.10 Å². The zero-order valence-corrected chi connectivity index (χ0v) is 12.1. The van der Waals surface area contributed by atoms with Crippen molar-refractivity contribution in [3.63, 3.8) is 0 Å². The van der Waals surface area contributed by atoms with Gasteiger partial charge in [-0.1, -0.05) is 0 Å². The van der Waals surface area contributed by atoms with E-state index < -0.39 is 0 Å². The molecule has 0 unspecified atom stereocenters. The number of carbonyl (C=O) groups is 1. The molecule has 1 N–H and O–H groups in total. The van der Waals surface area contributed by atoms with E-state index in [1.807, 2.05) is 11.8 Å². The van der Waals surface area contributed by atoms with Gasteiger partial charge in [0.15, 0.2) is 0 Å². The van der Waals surface area contributed by atoms with E-state index in [1.165, 1.54) is 0 Å². The number of rotatable bonds is 6. The smallest absolute Gasteiger partial charge is 0.248 e. The maximum absolute atomic E-state index is 11.7. The van der Waals surface area contributed by atoms with Gasteiger partial charge in [-0.15, -0.1) is 0 Å². The minimum Gasteiger partial charge on any atom is -0.378 e. The van der Waals surface area contributed by atoms with Crippen LogP contribution in [-0.4, -0.2) is 62.4 Å². The summed E-state index contributed by atoms with van der Waals surface area (Å²) in [6.07, 6.45) is 4.83. The zero-order chi connectivity index (χ0) is 13.7. The molecule has 0 radical (unpaired) electrons. The van der Waals surface area contributed by atoms with E-state index in [-0.39, 0.29) is 12.5 Å². The number of nitrogens with zero attached hydrogens (tertiary/aromatic N) is 1. The number of hydrogen-bond acceptors (Lipinski definition) is 4. The zero-order valence-electron chi connectivity index (χ0n) is 12.1. The maximum Gasteiger partial charge on any atom is 0.248 e. The van der Waals surface area contributed by atoms with E-state index in [1.54, 1.807) is 7.11 Å². The van der Waals surface area contributed by atoms with Gasteiger partial charge < -0.3 is 19.7 Å². The third-order valence-electron chi connectivity index (χ3n) is 4.08. The molecule has 1 saturated heterocycles. The molecule has 1 aliphatic carbocycles. The summed E-state index contributed by atoms with van der Waals surface area (Å²) in [5.74, 6) is 0.112. The number of ether oxygens (including phenoxy) is 2. The highest BCUT2D eigenvalue weighted by atomic mass is 16.5. The second kappa shape index (κ2) is 7.22. The molecule has 5 heteroatoms. The van der Waals surface area contributed by atoms with E-state index in [4.69, 9.17) is 9.47 Å². The molecule has 1 saturated carbocycles. The Balaban J connectivity index is 1.61. The lowest BCUT2D eigenvalue weighted by atomic mass is 9.87. The number of piperidine rings is 1. The third-order valence-corrected chi connectivity index (χ3v) is 4.08. The molecule has 0 bridgehead atoms. The van der Waals surface area contributed by atoms with Crippen molar-refractivity contribution in [2.24, 2.45) is 0 Å². The molecule has 0 aromatic heterocycles. The fourth-order valence-corrected chi connectivity index (χ4v) is 2.92. The number of carbonyl (C=O) groups excluding carboxylic acids is 1. The van der Waals surface area contributed by atoms with Crippen molar-refractivity contribution in [1.29, 1.82) is 0 Å². The monoisotopic (exact) mass is 270 g/mol. The van der Waals surface area contributed by atoms with Crippen LogP contribution in [0, 0.1) is 0 Å². The first-order valence-corrected chi connectivity index (χ1v) is 7.37. The van der Waals surface area contributed by atoms with Gasteiger partial charge >= 0.3 is 0 Å². The standard InChI is InChI=1S/C14H26N2O3/c1-3-19-13-8-12(9-13)15-11-4-6-16(7-5-11)14(17)10-18-2/h11-13,15H,3-10H2,1-2H3. The number of likely N-dealkylation sites (tertiary alicyclic amines) is 1. The lowest BCUT2D eigenvalue weighted by molar-refractivity contribution is -0.136. The fourth-order valence-electron chi connectivity index (χ4n) is 2.92. The van der Waals surface area contributed by atoms with E-state index in [9.17, 15) is 4.79 Å². The first-order chi connectivity index (χ1) is 9.22. The second-order valence-electron chi connectivity index (χ2n) is 5.50.